The number of benzene rings is 1. The number of carbonyl (C=O) groups excluding carboxylic acids is 1. The molecule has 0 saturated heterocycles. The number of hydrogen-bond donors (Lipinski definition) is 0. The van der Waals surface area contributed by atoms with Crippen LogP contribution in [0.15, 0.2) is 23.1 Å². The summed E-state index contributed by atoms with van der Waals surface area (Å²) in [6, 6.07) is 4.10. The van der Waals surface area contributed by atoms with E-state index in [1.807, 2.05) is 0 Å². The first-order chi connectivity index (χ1) is 7.90. The molecular formula is C11H14O5S. The van der Waals surface area contributed by atoms with Crippen molar-refractivity contribution in [1.29, 1.82) is 0 Å². The van der Waals surface area contributed by atoms with Gasteiger partial charge in [-0.1, -0.05) is 0 Å². The van der Waals surface area contributed by atoms with Crippen molar-refractivity contribution in [3.8, 4) is 5.75 Å². The molecule has 0 atom stereocenters. The van der Waals surface area contributed by atoms with Gasteiger partial charge in [0.25, 0.3) is 0 Å². The van der Waals surface area contributed by atoms with Crippen LogP contribution in [-0.2, 0) is 14.6 Å². The van der Waals surface area contributed by atoms with Crippen LogP contribution in [-0.4, -0.2) is 34.4 Å². The molecular weight excluding hydrogens is 244 g/mol. The van der Waals surface area contributed by atoms with Gasteiger partial charge in [-0.2, -0.15) is 0 Å². The number of esters is 1. The molecule has 0 aliphatic carbocycles. The first kappa shape index (κ1) is 13.5. The van der Waals surface area contributed by atoms with E-state index in [0.29, 0.717) is 12.4 Å². The summed E-state index contributed by atoms with van der Waals surface area (Å²) in [5.41, 5.74) is 0.109. The van der Waals surface area contributed by atoms with Gasteiger partial charge in [0.15, 0.2) is 9.84 Å². The molecule has 17 heavy (non-hydrogen) atoms. The van der Waals surface area contributed by atoms with Crippen molar-refractivity contribution < 1.29 is 22.7 Å². The fourth-order valence-electron chi connectivity index (χ4n) is 1.29. The average Bonchev–Trinajstić information content (AvgIpc) is 2.27. The van der Waals surface area contributed by atoms with E-state index < -0.39 is 15.8 Å². The zero-order chi connectivity index (χ0) is 13.1. The fourth-order valence-corrected chi connectivity index (χ4v) is 1.94. The molecule has 0 spiro atoms. The van der Waals surface area contributed by atoms with Gasteiger partial charge in [0.1, 0.15) is 11.3 Å². The maximum atomic E-state index is 11.5. The summed E-state index contributed by atoms with van der Waals surface area (Å²) >= 11 is 0. The molecule has 0 radical (unpaired) electrons. The first-order valence-electron chi connectivity index (χ1n) is 4.95. The lowest BCUT2D eigenvalue weighted by Crippen LogP contribution is -2.08. The highest BCUT2D eigenvalue weighted by Crippen LogP contribution is 2.23. The Balaban J connectivity index is 3.34. The molecule has 0 fully saturated rings. The molecule has 94 valence electrons. The Morgan fingerprint density at radius 3 is 2.47 bits per heavy atom. The molecule has 6 heteroatoms. The fraction of sp³-hybridized carbons (Fsp3) is 0.364. The average molecular weight is 258 g/mol. The van der Waals surface area contributed by atoms with Crippen molar-refractivity contribution in [2.45, 2.75) is 11.8 Å². The molecule has 1 aromatic carbocycles. The zero-order valence-electron chi connectivity index (χ0n) is 9.89. The third kappa shape index (κ3) is 3.20. The van der Waals surface area contributed by atoms with Crippen LogP contribution in [0.4, 0.5) is 0 Å². The Bertz CT molecular complexity index is 519. The van der Waals surface area contributed by atoms with Gasteiger partial charge in [-0.25, -0.2) is 13.2 Å². The van der Waals surface area contributed by atoms with E-state index in [-0.39, 0.29) is 10.5 Å². The summed E-state index contributed by atoms with van der Waals surface area (Å²) in [4.78, 5) is 11.5. The lowest BCUT2D eigenvalue weighted by Gasteiger charge is -2.09. The van der Waals surface area contributed by atoms with Gasteiger partial charge in [0.2, 0.25) is 0 Å². The Labute approximate surface area is 100 Å². The molecule has 0 aromatic heterocycles. The molecule has 0 N–H and O–H groups in total. The van der Waals surface area contributed by atoms with Gasteiger partial charge >= 0.3 is 5.97 Å². The lowest BCUT2D eigenvalue weighted by molar-refractivity contribution is 0.0596. The molecule has 1 aromatic rings. The Morgan fingerprint density at radius 1 is 1.35 bits per heavy atom. The molecule has 0 bridgehead atoms. The highest BCUT2D eigenvalue weighted by atomic mass is 32.2. The molecule has 0 saturated carbocycles. The summed E-state index contributed by atoms with van der Waals surface area (Å²) in [6.45, 7) is 2.15. The predicted molar refractivity (Wildman–Crippen MR) is 62.1 cm³/mol. The quantitative estimate of drug-likeness (QED) is 0.761. The molecule has 0 unspecified atom stereocenters. The number of sulfone groups is 1. The van der Waals surface area contributed by atoms with E-state index in [4.69, 9.17) is 4.74 Å². The Hall–Kier alpha value is -1.56. The zero-order valence-corrected chi connectivity index (χ0v) is 10.7. The SMILES string of the molecule is CCOc1ccc(S(C)(=O)=O)cc1C(=O)OC. The maximum absolute atomic E-state index is 11.5. The van der Waals surface area contributed by atoms with Crippen LogP contribution in [0.25, 0.3) is 0 Å². The monoisotopic (exact) mass is 258 g/mol. The molecule has 1 rings (SSSR count). The van der Waals surface area contributed by atoms with E-state index in [1.54, 1.807) is 6.92 Å². The van der Waals surface area contributed by atoms with Gasteiger partial charge in [0, 0.05) is 6.26 Å². The summed E-state index contributed by atoms with van der Waals surface area (Å²) in [5.74, 6) is -0.314. The van der Waals surface area contributed by atoms with Crippen LogP contribution < -0.4 is 4.74 Å². The van der Waals surface area contributed by atoms with E-state index in [2.05, 4.69) is 4.74 Å². The van der Waals surface area contributed by atoms with Gasteiger partial charge < -0.3 is 9.47 Å². The number of carbonyl (C=O) groups is 1. The first-order valence-corrected chi connectivity index (χ1v) is 6.84. The predicted octanol–water partition coefficient (Wildman–Crippen LogP) is 1.28. The van der Waals surface area contributed by atoms with E-state index in [9.17, 15) is 13.2 Å². The normalized spacial score (nSPS) is 11.0. The second kappa shape index (κ2) is 5.18. The molecule has 0 aliphatic heterocycles. The number of rotatable bonds is 4. The van der Waals surface area contributed by atoms with Crippen LogP contribution in [0, 0.1) is 0 Å². The van der Waals surface area contributed by atoms with E-state index in [1.165, 1.54) is 25.3 Å². The Morgan fingerprint density at radius 2 is 2.00 bits per heavy atom. The van der Waals surface area contributed by atoms with Crippen LogP contribution in [0.2, 0.25) is 0 Å². The molecule has 0 heterocycles. The lowest BCUT2D eigenvalue weighted by atomic mass is 10.2. The van der Waals surface area contributed by atoms with Crippen molar-refractivity contribution in [3.63, 3.8) is 0 Å². The number of ether oxygens (including phenoxy) is 2. The number of methoxy groups -OCH3 is 1. The smallest absolute Gasteiger partial charge is 0.341 e. The van der Waals surface area contributed by atoms with Crippen molar-refractivity contribution in [1.82, 2.24) is 0 Å². The second-order valence-corrected chi connectivity index (χ2v) is 5.37. The van der Waals surface area contributed by atoms with Crippen molar-refractivity contribution in [2.24, 2.45) is 0 Å². The Kier molecular flexibility index (Phi) is 4.11. The highest BCUT2D eigenvalue weighted by molar-refractivity contribution is 7.90. The van der Waals surface area contributed by atoms with Gasteiger partial charge in [-0.05, 0) is 25.1 Å². The van der Waals surface area contributed by atoms with Crippen LogP contribution in [0.1, 0.15) is 17.3 Å². The largest absolute Gasteiger partial charge is 0.493 e. The second-order valence-electron chi connectivity index (χ2n) is 3.35. The molecule has 0 aliphatic rings. The minimum atomic E-state index is -3.36. The van der Waals surface area contributed by atoms with Crippen molar-refractivity contribution >= 4 is 15.8 Å². The van der Waals surface area contributed by atoms with E-state index >= 15 is 0 Å². The van der Waals surface area contributed by atoms with Crippen LogP contribution >= 0.6 is 0 Å². The van der Waals surface area contributed by atoms with Crippen LogP contribution in [0.3, 0.4) is 0 Å². The molecule has 5 nitrogen and oxygen atoms in total. The van der Waals surface area contributed by atoms with Gasteiger partial charge in [0.05, 0.1) is 18.6 Å². The summed E-state index contributed by atoms with van der Waals surface area (Å²) in [5, 5.41) is 0. The third-order valence-electron chi connectivity index (χ3n) is 2.08. The summed E-state index contributed by atoms with van der Waals surface area (Å²) in [7, 11) is -2.13. The minimum absolute atomic E-state index is 0.0568. The maximum Gasteiger partial charge on any atom is 0.341 e. The highest BCUT2D eigenvalue weighted by Gasteiger charge is 2.17. The van der Waals surface area contributed by atoms with Crippen LogP contribution in [0.5, 0.6) is 5.75 Å². The minimum Gasteiger partial charge on any atom is -0.493 e. The molecule has 0 amide bonds. The van der Waals surface area contributed by atoms with Gasteiger partial charge in [-0.15, -0.1) is 0 Å². The number of hydrogen-bond acceptors (Lipinski definition) is 5. The standard InChI is InChI=1S/C11H14O5S/c1-4-16-10-6-5-8(17(3,13)14)7-9(10)11(12)15-2/h5-7H,4H2,1-3H3. The van der Waals surface area contributed by atoms with Gasteiger partial charge in [-0.3, -0.25) is 0 Å². The summed E-state index contributed by atoms with van der Waals surface area (Å²) in [6.07, 6.45) is 1.07. The van der Waals surface area contributed by atoms with Crippen molar-refractivity contribution in [3.05, 3.63) is 23.8 Å². The van der Waals surface area contributed by atoms with Crippen molar-refractivity contribution in [2.75, 3.05) is 20.0 Å². The van der Waals surface area contributed by atoms with E-state index in [0.717, 1.165) is 6.26 Å². The summed E-state index contributed by atoms with van der Waals surface area (Å²) < 4.78 is 32.6. The third-order valence-corrected chi connectivity index (χ3v) is 3.19. The topological polar surface area (TPSA) is 69.7 Å².